The zero-order valence-corrected chi connectivity index (χ0v) is 49.7. The summed E-state index contributed by atoms with van der Waals surface area (Å²) in [5.41, 5.74) is 9.99. The molecule has 10 nitrogen and oxygen atoms in total. The number of aryl methyl sites for hydroxylation is 2. The highest BCUT2D eigenvalue weighted by atomic mass is 127. The van der Waals surface area contributed by atoms with Gasteiger partial charge in [-0.05, 0) is 217 Å². The van der Waals surface area contributed by atoms with Crippen LogP contribution in [-0.4, -0.2) is 65.6 Å². The molecule has 0 radical (unpaired) electrons. The maximum absolute atomic E-state index is 14.5. The van der Waals surface area contributed by atoms with Gasteiger partial charge in [-0.1, -0.05) is 59.7 Å². The van der Waals surface area contributed by atoms with Crippen LogP contribution < -0.4 is 15.1 Å². The van der Waals surface area contributed by atoms with Gasteiger partial charge in [0.25, 0.3) is 0 Å². The minimum atomic E-state index is -1.06. The summed E-state index contributed by atoms with van der Waals surface area (Å²) in [5.74, 6) is -4.29. The molecule has 8 aromatic rings. The summed E-state index contributed by atoms with van der Waals surface area (Å²) in [6.07, 6.45) is 4.34. The molecule has 0 atom stereocenters. The molecule has 11 rings (SSSR count). The van der Waals surface area contributed by atoms with Gasteiger partial charge in [-0.15, -0.1) is 0 Å². The maximum atomic E-state index is 14.5. The second-order valence-electron chi connectivity index (χ2n) is 22.4. The van der Waals surface area contributed by atoms with Crippen molar-refractivity contribution in [2.45, 2.75) is 91.6 Å². The van der Waals surface area contributed by atoms with Gasteiger partial charge in [0.2, 0.25) is 0 Å². The molecule has 0 unspecified atom stereocenters. The molecule has 0 amide bonds. The lowest BCUT2D eigenvalue weighted by Gasteiger charge is -2.32. The van der Waals surface area contributed by atoms with E-state index in [4.69, 9.17) is 18.8 Å². The van der Waals surface area contributed by atoms with Gasteiger partial charge in [0.15, 0.2) is 0 Å². The number of rotatable bonds is 8. The summed E-state index contributed by atoms with van der Waals surface area (Å²) < 4.78 is 91.5. The lowest BCUT2D eigenvalue weighted by molar-refractivity contribution is 0.00578. The average molecular weight is 1220 g/mol. The molecule has 2 N–H and O–H groups in total. The van der Waals surface area contributed by atoms with Gasteiger partial charge < -0.3 is 38.2 Å². The molecule has 0 spiro atoms. The summed E-state index contributed by atoms with van der Waals surface area (Å²) in [7, 11) is 1.53. The Morgan fingerprint density at radius 1 is 0.476 bits per heavy atom. The number of hydrogen-bond acceptors (Lipinski definition) is 8. The summed E-state index contributed by atoms with van der Waals surface area (Å²) in [6.45, 7) is 20.2. The van der Waals surface area contributed by atoms with E-state index < -0.39 is 70.3 Å². The van der Waals surface area contributed by atoms with Gasteiger partial charge in [0.05, 0.1) is 25.4 Å². The van der Waals surface area contributed by atoms with Gasteiger partial charge >= 0.3 is 19.1 Å². The zero-order chi connectivity index (χ0) is 59.2. The van der Waals surface area contributed by atoms with Crippen LogP contribution in [0.4, 0.5) is 17.6 Å². The first kappa shape index (κ1) is 59.0. The number of hydrogen-bond donors (Lipinski definition) is 2. The molecule has 422 valence electrons. The van der Waals surface area contributed by atoms with Crippen LogP contribution in [0.5, 0.6) is 11.5 Å². The van der Waals surface area contributed by atoms with Gasteiger partial charge in [0.1, 0.15) is 57.1 Å². The predicted molar refractivity (Wildman–Crippen MR) is 321 cm³/mol. The Bertz CT molecular complexity index is 3760. The van der Waals surface area contributed by atoms with E-state index in [1.165, 1.54) is 31.4 Å². The molecule has 2 aromatic heterocycles. The van der Waals surface area contributed by atoms with Crippen molar-refractivity contribution in [3.05, 3.63) is 217 Å². The Morgan fingerprint density at radius 3 is 1.29 bits per heavy atom. The van der Waals surface area contributed by atoms with Crippen molar-refractivity contribution in [3.8, 4) is 45.3 Å². The normalized spacial score (nSPS) is 15.8. The molecular formula is C66H62BF4IN2O8. The molecule has 0 bridgehead atoms. The zero-order valence-electron chi connectivity index (χ0n) is 47.6. The van der Waals surface area contributed by atoms with Crippen molar-refractivity contribution in [3.63, 3.8) is 0 Å². The minimum absolute atomic E-state index is 0.260. The number of fused-ring (bicyclic) bond motifs is 2. The monoisotopic (exact) mass is 1220 g/mol. The van der Waals surface area contributed by atoms with E-state index in [0.717, 1.165) is 77.9 Å². The van der Waals surface area contributed by atoms with Crippen LogP contribution >= 0.6 is 22.6 Å². The molecule has 16 heteroatoms. The molecule has 3 aliphatic heterocycles. The van der Waals surface area contributed by atoms with Crippen molar-refractivity contribution in [1.82, 2.24) is 9.97 Å². The van der Waals surface area contributed by atoms with Crippen LogP contribution in [0.2, 0.25) is 0 Å². The topological polar surface area (TPSA) is 121 Å². The number of ether oxygens (including phenoxy) is 4. The molecule has 3 aliphatic rings. The first-order valence-electron chi connectivity index (χ1n) is 26.5. The predicted octanol–water partition coefficient (Wildman–Crippen LogP) is 15.6. The Morgan fingerprint density at radius 2 is 0.854 bits per heavy atom. The Kier molecular flexibility index (Phi) is 16.5. The van der Waals surface area contributed by atoms with Crippen molar-refractivity contribution >= 4 is 58.4 Å². The minimum Gasteiger partial charge on any atom is -0.483 e. The van der Waals surface area contributed by atoms with Crippen molar-refractivity contribution < 1.29 is 55.4 Å². The molecule has 5 heterocycles. The third kappa shape index (κ3) is 12.5. The van der Waals surface area contributed by atoms with Crippen molar-refractivity contribution in [1.29, 1.82) is 0 Å². The Labute approximate surface area is 489 Å². The van der Waals surface area contributed by atoms with Gasteiger partial charge in [-0.3, -0.25) is 0 Å². The maximum Gasteiger partial charge on any atom is 0.512 e. The number of benzene rings is 6. The molecule has 1 fully saturated rings. The van der Waals surface area contributed by atoms with Gasteiger partial charge in [0, 0.05) is 48.5 Å². The van der Waals surface area contributed by atoms with Crippen LogP contribution in [0.25, 0.3) is 44.9 Å². The summed E-state index contributed by atoms with van der Waals surface area (Å²) in [5, 5.41) is 0. The number of carbonyl (C=O) groups excluding carboxylic acids is 2. The fourth-order valence-electron chi connectivity index (χ4n) is 9.69. The standard InChI is InChI=1S/C30H25F2NO3.C18H20BF2NO4.C18H17IO/c1-17-5-7-18(8-6-17)22-16-30(2,3)36-27-12-9-19(13-21(22)27)25-10-11-26(33-25)20-14-23(31)28(24(32)15-20)29(34)35-4;1-17(2)18(3,4)26-19(25-17)14-7-6-13(22-14)10-8-11(20)15(12(21)9-10)16(23)24-5;1-12-4-6-13(7-5-12)16-11-18(2,3)20-17-9-8-14(19)10-15(16)17/h5-16,33H,1-4H3;6-9,22H,1-5H3;4-11H,1-3H3. The lowest BCUT2D eigenvalue weighted by atomic mass is 9.85. The number of H-pyrrole nitrogens is 2. The van der Waals surface area contributed by atoms with Gasteiger partial charge in [-0.2, -0.15) is 0 Å². The van der Waals surface area contributed by atoms with Crippen LogP contribution in [0, 0.1) is 40.7 Å². The van der Waals surface area contributed by atoms with Crippen LogP contribution in [0.15, 0.2) is 146 Å². The number of nitrogens with one attached hydrogen (secondary N) is 2. The van der Waals surface area contributed by atoms with E-state index in [-0.39, 0.29) is 16.7 Å². The highest BCUT2D eigenvalue weighted by molar-refractivity contribution is 14.1. The highest BCUT2D eigenvalue weighted by Gasteiger charge is 2.52. The number of aromatic nitrogens is 2. The van der Waals surface area contributed by atoms with E-state index in [9.17, 15) is 27.2 Å². The van der Waals surface area contributed by atoms with Crippen molar-refractivity contribution in [2.75, 3.05) is 14.2 Å². The lowest BCUT2D eigenvalue weighted by Crippen LogP contribution is -2.41. The Balaban J connectivity index is 0.000000155. The van der Waals surface area contributed by atoms with E-state index >= 15 is 0 Å². The fraction of sp³-hybridized carbons (Fsp3) is 0.242. The second-order valence-corrected chi connectivity index (χ2v) is 23.7. The fourth-order valence-corrected chi connectivity index (χ4v) is 10.2. The number of halogens is 5. The molecule has 82 heavy (non-hydrogen) atoms. The van der Waals surface area contributed by atoms with E-state index in [2.05, 4.69) is 149 Å². The highest BCUT2D eigenvalue weighted by Crippen LogP contribution is 2.43. The number of esters is 2. The smallest absolute Gasteiger partial charge is 0.483 e. The molecule has 1 saturated heterocycles. The number of methoxy groups -OCH3 is 2. The van der Waals surface area contributed by atoms with E-state index in [1.54, 1.807) is 18.2 Å². The van der Waals surface area contributed by atoms with E-state index in [0.29, 0.717) is 17.0 Å². The second kappa shape index (κ2) is 22.9. The molecular weight excluding hydrogens is 1160 g/mol. The number of aromatic amines is 2. The van der Waals surface area contributed by atoms with Gasteiger partial charge in [-0.25, -0.2) is 27.2 Å². The molecule has 0 aliphatic carbocycles. The average Bonchev–Trinajstić information content (AvgIpc) is 2.98. The van der Waals surface area contributed by atoms with Crippen LogP contribution in [0.3, 0.4) is 0 Å². The Hall–Kier alpha value is -7.67. The molecule has 0 saturated carbocycles. The van der Waals surface area contributed by atoms with Crippen LogP contribution in [0.1, 0.15) is 109 Å². The first-order chi connectivity index (χ1) is 38.6. The SMILES string of the molecule is COC(=O)c1c(F)cc(-c2ccc(-c3ccc4c(c3)C(c3ccc(C)cc3)=CC(C)(C)O4)[nH]2)cc1F.COC(=O)c1c(F)cc(-c2ccc(B3OC(C)(C)C(C)(C)O3)[nH]2)cc1F.Cc1ccc(C2=CC(C)(C)Oc3ccc(I)cc32)cc1. The van der Waals surface area contributed by atoms with Crippen molar-refractivity contribution in [2.24, 2.45) is 0 Å². The quantitative estimate of drug-likeness (QED) is 0.0668. The summed E-state index contributed by atoms with van der Waals surface area (Å²) in [4.78, 5) is 29.4. The largest absolute Gasteiger partial charge is 0.512 e. The molecule has 6 aromatic carbocycles. The third-order valence-corrected chi connectivity index (χ3v) is 15.3. The van der Waals surface area contributed by atoms with E-state index in [1.807, 2.05) is 65.8 Å². The first-order valence-corrected chi connectivity index (χ1v) is 27.5. The summed E-state index contributed by atoms with van der Waals surface area (Å²) in [6, 6.07) is 40.8. The number of carbonyl (C=O) groups is 2. The third-order valence-electron chi connectivity index (χ3n) is 14.7. The van der Waals surface area contributed by atoms with Crippen LogP contribution in [-0.2, 0) is 18.8 Å². The summed E-state index contributed by atoms with van der Waals surface area (Å²) >= 11 is 2.35.